The van der Waals surface area contributed by atoms with Crippen molar-refractivity contribution in [2.75, 3.05) is 4.90 Å². The number of hydrogen-bond donors (Lipinski definition) is 0. The van der Waals surface area contributed by atoms with Crippen LogP contribution in [0.3, 0.4) is 0 Å². The standard InChI is InChI=1S/C47H34BNO2/c1-46(2,3)35-23-10-19-31-32-20-11-26-38(45(32)51-44(31)35)49-36-24-12-21-33-41(36)48-42-34(22-13-27-39(42)50-40-28-14-25-37(49)43(40)48)47(33,29-15-6-4-7-16-29)30-17-8-5-9-18-30/h4-28H,1-3H3. The monoisotopic (exact) mass is 655 g/mol. The van der Waals surface area contributed by atoms with Crippen LogP contribution in [-0.4, -0.2) is 6.71 Å². The second kappa shape index (κ2) is 10.0. The lowest BCUT2D eigenvalue weighted by Crippen LogP contribution is -2.66. The van der Waals surface area contributed by atoms with Crippen LogP contribution in [0.15, 0.2) is 156 Å². The maximum Gasteiger partial charge on any atom is 0.257 e. The SMILES string of the molecule is CC(C)(C)c1cccc2c1oc1c(N3c4cccc5c4B4c6c(cccc6C(c6ccccc6)(c6ccccc6)c6cccc3c64)O5)cccc12. The smallest absolute Gasteiger partial charge is 0.257 e. The molecule has 0 amide bonds. The topological polar surface area (TPSA) is 25.6 Å². The molecule has 0 fully saturated rings. The minimum Gasteiger partial charge on any atom is -0.458 e. The molecule has 0 aliphatic carbocycles. The summed E-state index contributed by atoms with van der Waals surface area (Å²) in [5.74, 6) is 1.84. The van der Waals surface area contributed by atoms with Gasteiger partial charge in [-0.05, 0) is 74.4 Å². The van der Waals surface area contributed by atoms with Gasteiger partial charge in [-0.3, -0.25) is 0 Å². The molecule has 0 unspecified atom stereocenters. The van der Waals surface area contributed by atoms with Gasteiger partial charge in [0.05, 0.1) is 11.1 Å². The number of ether oxygens (including phenoxy) is 1. The summed E-state index contributed by atoms with van der Waals surface area (Å²) in [6.07, 6.45) is 0. The van der Waals surface area contributed by atoms with Crippen LogP contribution in [0, 0.1) is 0 Å². The van der Waals surface area contributed by atoms with E-state index in [0.717, 1.165) is 44.8 Å². The van der Waals surface area contributed by atoms with Crippen LogP contribution in [0.25, 0.3) is 21.9 Å². The van der Waals surface area contributed by atoms with Crippen molar-refractivity contribution in [3.05, 3.63) is 179 Å². The third kappa shape index (κ3) is 3.64. The molecule has 0 radical (unpaired) electrons. The minimum absolute atomic E-state index is 0.0153. The Bertz CT molecular complexity index is 2680. The summed E-state index contributed by atoms with van der Waals surface area (Å²) >= 11 is 0. The highest BCUT2D eigenvalue weighted by Crippen LogP contribution is 2.52. The van der Waals surface area contributed by atoms with E-state index in [0.29, 0.717) is 0 Å². The van der Waals surface area contributed by atoms with Gasteiger partial charge in [0, 0.05) is 27.7 Å². The fourth-order valence-electron chi connectivity index (χ4n) is 9.57. The third-order valence-electron chi connectivity index (χ3n) is 11.5. The molecule has 1 aromatic heterocycles. The van der Waals surface area contributed by atoms with Gasteiger partial charge in [-0.2, -0.15) is 0 Å². The first-order valence-corrected chi connectivity index (χ1v) is 17.9. The lowest BCUT2D eigenvalue weighted by molar-refractivity contribution is 0.485. The molecular formula is C47H34BNO2. The lowest BCUT2D eigenvalue weighted by Gasteiger charge is -2.50. The van der Waals surface area contributed by atoms with E-state index in [1.165, 1.54) is 49.9 Å². The third-order valence-corrected chi connectivity index (χ3v) is 11.5. The second-order valence-electron chi connectivity index (χ2n) is 15.2. The predicted molar refractivity (Wildman–Crippen MR) is 210 cm³/mol. The molecule has 0 spiro atoms. The van der Waals surface area contributed by atoms with E-state index in [4.69, 9.17) is 9.15 Å². The van der Waals surface area contributed by atoms with Gasteiger partial charge in [-0.1, -0.05) is 142 Å². The van der Waals surface area contributed by atoms with Crippen molar-refractivity contribution in [2.45, 2.75) is 31.6 Å². The summed E-state index contributed by atoms with van der Waals surface area (Å²) in [6.45, 7) is 6.78. The van der Waals surface area contributed by atoms with Gasteiger partial charge in [-0.15, -0.1) is 0 Å². The molecule has 0 saturated heterocycles. The van der Waals surface area contributed by atoms with Crippen LogP contribution in [0.1, 0.15) is 48.6 Å². The quantitative estimate of drug-likeness (QED) is 0.177. The molecule has 11 rings (SSSR count). The van der Waals surface area contributed by atoms with Crippen molar-refractivity contribution in [3.63, 3.8) is 0 Å². The number of rotatable bonds is 3. The van der Waals surface area contributed by atoms with E-state index >= 15 is 0 Å². The molecule has 242 valence electrons. The molecule has 4 heterocycles. The Kier molecular flexibility index (Phi) is 5.67. The van der Waals surface area contributed by atoms with Crippen molar-refractivity contribution in [1.82, 2.24) is 0 Å². The molecule has 7 aromatic carbocycles. The van der Waals surface area contributed by atoms with E-state index in [-0.39, 0.29) is 12.1 Å². The predicted octanol–water partition coefficient (Wildman–Crippen LogP) is 9.98. The fraction of sp³-hybridized carbons (Fsp3) is 0.106. The van der Waals surface area contributed by atoms with Crippen molar-refractivity contribution >= 4 is 62.1 Å². The minimum atomic E-state index is -0.568. The Balaban J connectivity index is 1.29. The first-order valence-electron chi connectivity index (χ1n) is 17.9. The molecule has 0 N–H and O–H groups in total. The largest absolute Gasteiger partial charge is 0.458 e. The molecule has 8 aromatic rings. The molecule has 51 heavy (non-hydrogen) atoms. The molecule has 0 bridgehead atoms. The summed E-state index contributed by atoms with van der Waals surface area (Å²) in [5.41, 5.74) is 14.6. The van der Waals surface area contributed by atoms with Crippen molar-refractivity contribution in [1.29, 1.82) is 0 Å². The number of anilines is 3. The van der Waals surface area contributed by atoms with Gasteiger partial charge < -0.3 is 14.1 Å². The Morgan fingerprint density at radius 3 is 1.71 bits per heavy atom. The number of hydrogen-bond acceptors (Lipinski definition) is 3. The highest BCUT2D eigenvalue weighted by Gasteiger charge is 2.54. The zero-order valence-electron chi connectivity index (χ0n) is 28.8. The lowest BCUT2D eigenvalue weighted by atomic mass is 9.28. The van der Waals surface area contributed by atoms with Crippen LogP contribution in [0.4, 0.5) is 17.1 Å². The Labute approximate surface area is 297 Å². The maximum absolute atomic E-state index is 7.03. The van der Waals surface area contributed by atoms with Gasteiger partial charge in [0.25, 0.3) is 6.71 Å². The highest BCUT2D eigenvalue weighted by molar-refractivity contribution is 7.00. The van der Waals surface area contributed by atoms with Gasteiger partial charge in [0.1, 0.15) is 17.1 Å². The van der Waals surface area contributed by atoms with Crippen molar-refractivity contribution < 1.29 is 9.15 Å². The van der Waals surface area contributed by atoms with Crippen LogP contribution >= 0.6 is 0 Å². The average Bonchev–Trinajstić information content (AvgIpc) is 3.55. The van der Waals surface area contributed by atoms with E-state index in [1.54, 1.807) is 0 Å². The number of nitrogens with zero attached hydrogens (tertiary/aromatic N) is 1. The van der Waals surface area contributed by atoms with Crippen LogP contribution in [0.5, 0.6) is 11.5 Å². The van der Waals surface area contributed by atoms with Gasteiger partial charge >= 0.3 is 0 Å². The molecular weight excluding hydrogens is 621 g/mol. The number of benzene rings is 7. The van der Waals surface area contributed by atoms with Crippen LogP contribution in [0.2, 0.25) is 0 Å². The Morgan fingerprint density at radius 2 is 1.02 bits per heavy atom. The normalized spacial score (nSPS) is 14.8. The first kappa shape index (κ1) is 28.8. The number of furan rings is 1. The van der Waals surface area contributed by atoms with E-state index in [1.807, 2.05) is 0 Å². The molecule has 3 aliphatic rings. The van der Waals surface area contributed by atoms with Crippen LogP contribution in [-0.2, 0) is 10.8 Å². The molecule has 0 saturated carbocycles. The highest BCUT2D eigenvalue weighted by atomic mass is 16.5. The number of fused-ring (bicyclic) bond motifs is 3. The first-order chi connectivity index (χ1) is 25.0. The molecule has 0 atom stereocenters. The van der Waals surface area contributed by atoms with E-state index in [2.05, 4.69) is 177 Å². The summed E-state index contributed by atoms with van der Waals surface area (Å²) < 4.78 is 14.0. The fourth-order valence-corrected chi connectivity index (χ4v) is 9.57. The number of para-hydroxylation sites is 2. The van der Waals surface area contributed by atoms with Gasteiger partial charge in [0.15, 0.2) is 5.58 Å². The molecule has 3 aliphatic heterocycles. The van der Waals surface area contributed by atoms with Crippen molar-refractivity contribution in [2.24, 2.45) is 0 Å². The zero-order chi connectivity index (χ0) is 34.1. The zero-order valence-corrected chi connectivity index (χ0v) is 28.8. The van der Waals surface area contributed by atoms with E-state index in [9.17, 15) is 0 Å². The molecule has 4 heteroatoms. The maximum atomic E-state index is 7.03. The summed E-state index contributed by atoms with van der Waals surface area (Å²) in [5, 5.41) is 2.27. The van der Waals surface area contributed by atoms with Crippen molar-refractivity contribution in [3.8, 4) is 11.5 Å². The molecule has 3 nitrogen and oxygen atoms in total. The van der Waals surface area contributed by atoms with E-state index < -0.39 is 5.41 Å². The van der Waals surface area contributed by atoms with Gasteiger partial charge in [0.2, 0.25) is 0 Å². The second-order valence-corrected chi connectivity index (χ2v) is 15.2. The van der Waals surface area contributed by atoms with Crippen LogP contribution < -0.4 is 26.0 Å². The summed E-state index contributed by atoms with van der Waals surface area (Å²) in [7, 11) is 0. The Morgan fingerprint density at radius 1 is 0.490 bits per heavy atom. The summed E-state index contributed by atoms with van der Waals surface area (Å²) in [4.78, 5) is 2.44. The summed E-state index contributed by atoms with van der Waals surface area (Å²) in [6, 6.07) is 55.3. The Hall–Kier alpha value is -6.00. The van der Waals surface area contributed by atoms with Gasteiger partial charge in [-0.25, -0.2) is 0 Å². The average molecular weight is 656 g/mol.